The maximum Gasteiger partial charge on any atom is 0.151 e. The van der Waals surface area contributed by atoms with Gasteiger partial charge in [0.25, 0.3) is 0 Å². The van der Waals surface area contributed by atoms with Crippen LogP contribution in [0, 0.1) is 11.8 Å². The molecule has 3 aromatic rings. The Labute approximate surface area is 117 Å². The van der Waals surface area contributed by atoms with Crippen LogP contribution < -0.4 is 0 Å². The number of hydrogen-bond donors (Lipinski definition) is 0. The summed E-state index contributed by atoms with van der Waals surface area (Å²) in [6.45, 7) is 0. The molecule has 20 heavy (non-hydrogen) atoms. The van der Waals surface area contributed by atoms with Crippen molar-refractivity contribution in [3.05, 3.63) is 83.4 Å². The van der Waals surface area contributed by atoms with Crippen molar-refractivity contribution in [3.8, 4) is 11.8 Å². The lowest BCUT2D eigenvalue weighted by Gasteiger charge is -2.03. The molecule has 3 aromatic carbocycles. The molecule has 0 amide bonds. The van der Waals surface area contributed by atoms with Crippen LogP contribution in [-0.2, 0) is 0 Å². The Balaban J connectivity index is 2.13. The van der Waals surface area contributed by atoms with Crippen LogP contribution in [-0.4, -0.2) is 6.29 Å². The second kappa shape index (κ2) is 5.42. The smallest absolute Gasteiger partial charge is 0.151 e. The zero-order chi connectivity index (χ0) is 13.8. The van der Waals surface area contributed by atoms with Crippen molar-refractivity contribution >= 4 is 17.1 Å². The summed E-state index contributed by atoms with van der Waals surface area (Å²) in [5.41, 5.74) is 2.37. The molecule has 0 unspecified atom stereocenters. The van der Waals surface area contributed by atoms with E-state index in [1.807, 2.05) is 66.7 Å². The minimum absolute atomic E-state index is 0.659. The van der Waals surface area contributed by atoms with Gasteiger partial charge in [0, 0.05) is 16.7 Å². The molecule has 0 heterocycles. The summed E-state index contributed by atoms with van der Waals surface area (Å²) < 4.78 is 0. The Hall–Kier alpha value is -2.85. The molecule has 0 bridgehead atoms. The fourth-order valence-corrected chi connectivity index (χ4v) is 2.19. The summed E-state index contributed by atoms with van der Waals surface area (Å²) in [5, 5.41) is 2.00. The largest absolute Gasteiger partial charge is 0.298 e. The highest BCUT2D eigenvalue weighted by Gasteiger charge is 2.04. The summed E-state index contributed by atoms with van der Waals surface area (Å²) in [4.78, 5) is 11.4. The Morgan fingerprint density at radius 3 is 2.30 bits per heavy atom. The number of fused-ring (bicyclic) bond motifs is 1. The van der Waals surface area contributed by atoms with E-state index < -0.39 is 0 Å². The van der Waals surface area contributed by atoms with E-state index in [9.17, 15) is 4.79 Å². The Morgan fingerprint density at radius 1 is 0.750 bits per heavy atom. The molecule has 0 spiro atoms. The van der Waals surface area contributed by atoms with Crippen molar-refractivity contribution in [1.29, 1.82) is 0 Å². The van der Waals surface area contributed by atoms with E-state index in [4.69, 9.17) is 0 Å². The molecule has 0 aliphatic carbocycles. The first kappa shape index (κ1) is 12.2. The van der Waals surface area contributed by atoms with Crippen LogP contribution in [0.15, 0.2) is 66.7 Å². The predicted molar refractivity (Wildman–Crippen MR) is 81.8 cm³/mol. The molecule has 1 heteroatoms. The molecule has 0 saturated heterocycles. The van der Waals surface area contributed by atoms with Crippen molar-refractivity contribution < 1.29 is 4.79 Å². The SMILES string of the molecule is O=Cc1c(C#Cc2ccccc2)ccc2ccccc12. The molecule has 0 radical (unpaired) electrons. The number of aldehydes is 1. The zero-order valence-corrected chi connectivity index (χ0v) is 10.8. The standard InChI is InChI=1S/C19H12O/c20-14-19-17(11-10-15-6-2-1-3-7-15)13-12-16-8-4-5-9-18(16)19/h1-9,12-14H. The first-order chi connectivity index (χ1) is 9.88. The van der Waals surface area contributed by atoms with Crippen LogP contribution >= 0.6 is 0 Å². The van der Waals surface area contributed by atoms with Crippen molar-refractivity contribution in [3.63, 3.8) is 0 Å². The highest BCUT2D eigenvalue weighted by molar-refractivity contribution is 6.00. The van der Waals surface area contributed by atoms with Gasteiger partial charge in [-0.25, -0.2) is 0 Å². The second-order valence-corrected chi connectivity index (χ2v) is 4.48. The third-order valence-corrected chi connectivity index (χ3v) is 3.20. The van der Waals surface area contributed by atoms with Gasteiger partial charge >= 0.3 is 0 Å². The number of carbonyl (C=O) groups is 1. The summed E-state index contributed by atoms with van der Waals surface area (Å²) in [6, 6.07) is 21.5. The van der Waals surface area contributed by atoms with Crippen LogP contribution in [0.5, 0.6) is 0 Å². The second-order valence-electron chi connectivity index (χ2n) is 4.48. The van der Waals surface area contributed by atoms with E-state index in [1.54, 1.807) is 0 Å². The van der Waals surface area contributed by atoms with Gasteiger partial charge in [0.15, 0.2) is 6.29 Å². The van der Waals surface area contributed by atoms with E-state index in [-0.39, 0.29) is 0 Å². The van der Waals surface area contributed by atoms with E-state index in [0.717, 1.165) is 28.2 Å². The average Bonchev–Trinajstić information content (AvgIpc) is 2.53. The molecule has 94 valence electrons. The van der Waals surface area contributed by atoms with Gasteiger partial charge in [0.05, 0.1) is 0 Å². The van der Waals surface area contributed by atoms with Crippen molar-refractivity contribution in [2.24, 2.45) is 0 Å². The van der Waals surface area contributed by atoms with Crippen LogP contribution in [0.1, 0.15) is 21.5 Å². The summed E-state index contributed by atoms with van der Waals surface area (Å²) in [7, 11) is 0. The highest BCUT2D eigenvalue weighted by Crippen LogP contribution is 2.20. The normalized spacial score (nSPS) is 9.80. The Kier molecular flexibility index (Phi) is 3.31. The molecule has 0 aliphatic heterocycles. The van der Waals surface area contributed by atoms with Crippen LogP contribution in [0.2, 0.25) is 0 Å². The lowest BCUT2D eigenvalue weighted by Crippen LogP contribution is -1.89. The van der Waals surface area contributed by atoms with Gasteiger partial charge in [0.1, 0.15) is 0 Å². The minimum atomic E-state index is 0.659. The first-order valence-electron chi connectivity index (χ1n) is 6.42. The summed E-state index contributed by atoms with van der Waals surface area (Å²) >= 11 is 0. The van der Waals surface area contributed by atoms with Crippen LogP contribution in [0.4, 0.5) is 0 Å². The van der Waals surface area contributed by atoms with Crippen molar-refractivity contribution in [2.75, 3.05) is 0 Å². The molecule has 3 rings (SSSR count). The van der Waals surface area contributed by atoms with E-state index in [2.05, 4.69) is 11.8 Å². The number of carbonyl (C=O) groups excluding carboxylic acids is 1. The predicted octanol–water partition coefficient (Wildman–Crippen LogP) is 4.05. The topological polar surface area (TPSA) is 17.1 Å². The van der Waals surface area contributed by atoms with Gasteiger partial charge in [0.2, 0.25) is 0 Å². The first-order valence-corrected chi connectivity index (χ1v) is 6.42. The summed E-state index contributed by atoms with van der Waals surface area (Å²) in [6.07, 6.45) is 0.886. The highest BCUT2D eigenvalue weighted by atomic mass is 16.1. The molecule has 0 saturated carbocycles. The lowest BCUT2D eigenvalue weighted by molar-refractivity contribution is 0.112. The molecular formula is C19H12O. The quantitative estimate of drug-likeness (QED) is 0.474. The zero-order valence-electron chi connectivity index (χ0n) is 10.8. The van der Waals surface area contributed by atoms with Crippen molar-refractivity contribution in [1.82, 2.24) is 0 Å². The average molecular weight is 256 g/mol. The van der Waals surface area contributed by atoms with E-state index >= 15 is 0 Å². The third-order valence-electron chi connectivity index (χ3n) is 3.20. The van der Waals surface area contributed by atoms with Crippen molar-refractivity contribution in [2.45, 2.75) is 0 Å². The van der Waals surface area contributed by atoms with Crippen LogP contribution in [0.25, 0.3) is 10.8 Å². The molecule has 0 aliphatic rings. The molecule has 0 atom stereocenters. The van der Waals surface area contributed by atoms with E-state index in [0.29, 0.717) is 5.56 Å². The molecular weight excluding hydrogens is 244 g/mol. The molecule has 0 fully saturated rings. The number of rotatable bonds is 1. The fourth-order valence-electron chi connectivity index (χ4n) is 2.19. The Bertz CT molecular complexity index is 821. The lowest BCUT2D eigenvalue weighted by atomic mass is 10.00. The monoisotopic (exact) mass is 256 g/mol. The van der Waals surface area contributed by atoms with Gasteiger partial charge in [-0.15, -0.1) is 0 Å². The fraction of sp³-hybridized carbons (Fsp3) is 0. The molecule has 0 N–H and O–H groups in total. The van der Waals surface area contributed by atoms with Crippen LogP contribution in [0.3, 0.4) is 0 Å². The maximum absolute atomic E-state index is 11.4. The molecule has 0 aromatic heterocycles. The Morgan fingerprint density at radius 2 is 1.50 bits per heavy atom. The molecule has 1 nitrogen and oxygen atoms in total. The van der Waals surface area contributed by atoms with Gasteiger partial charge in [-0.3, -0.25) is 4.79 Å². The summed E-state index contributed by atoms with van der Waals surface area (Å²) in [5.74, 6) is 6.18. The van der Waals surface area contributed by atoms with E-state index in [1.165, 1.54) is 0 Å². The van der Waals surface area contributed by atoms with Gasteiger partial charge < -0.3 is 0 Å². The number of hydrogen-bond acceptors (Lipinski definition) is 1. The third kappa shape index (κ3) is 2.32. The van der Waals surface area contributed by atoms with Gasteiger partial charge in [-0.2, -0.15) is 0 Å². The minimum Gasteiger partial charge on any atom is -0.298 e. The van der Waals surface area contributed by atoms with Gasteiger partial charge in [-0.1, -0.05) is 60.4 Å². The van der Waals surface area contributed by atoms with Gasteiger partial charge in [-0.05, 0) is 29.0 Å². The number of benzene rings is 3. The maximum atomic E-state index is 11.4.